The molecule has 1 aromatic heterocycles. The molecule has 0 aliphatic carbocycles. The van der Waals surface area contributed by atoms with Gasteiger partial charge in [-0.15, -0.1) is 11.3 Å². The Kier molecular flexibility index (Phi) is 3.85. The maximum atomic E-state index is 12.0. The molecule has 1 fully saturated rings. The zero-order valence-electron chi connectivity index (χ0n) is 8.08. The van der Waals surface area contributed by atoms with Crippen molar-refractivity contribution in [1.82, 2.24) is 4.90 Å². The number of halogens is 2. The molecule has 1 amide bonds. The largest absolute Gasteiger partial charge is 0.338 e. The van der Waals surface area contributed by atoms with Crippen LogP contribution in [0.4, 0.5) is 0 Å². The molecular weight excluding hydrogens is 342 g/mol. The van der Waals surface area contributed by atoms with Crippen LogP contribution in [0.3, 0.4) is 0 Å². The Hall–Kier alpha value is 0.130. The first kappa shape index (κ1) is 11.6. The van der Waals surface area contributed by atoms with E-state index in [9.17, 15) is 4.79 Å². The molecule has 0 saturated carbocycles. The first-order valence-electron chi connectivity index (χ1n) is 4.84. The maximum Gasteiger partial charge on any atom is 0.254 e. The van der Waals surface area contributed by atoms with E-state index >= 15 is 0 Å². The van der Waals surface area contributed by atoms with Crippen molar-refractivity contribution in [3.63, 3.8) is 0 Å². The number of carbonyl (C=O) groups excluding carboxylic acids is 1. The number of amides is 1. The van der Waals surface area contributed by atoms with Gasteiger partial charge >= 0.3 is 0 Å². The quantitative estimate of drug-likeness (QED) is 0.708. The molecule has 2 rings (SSSR count). The SMILES string of the molecule is O=C(c1csc(Br)c1)N1CCCC(Br)C1. The molecule has 1 saturated heterocycles. The van der Waals surface area contributed by atoms with Gasteiger partial charge in [0.2, 0.25) is 0 Å². The third-order valence-electron chi connectivity index (χ3n) is 2.47. The van der Waals surface area contributed by atoms with Crippen LogP contribution in [0.1, 0.15) is 23.2 Å². The molecule has 0 radical (unpaired) electrons. The Morgan fingerprint density at radius 1 is 1.60 bits per heavy atom. The van der Waals surface area contributed by atoms with Gasteiger partial charge in [-0.2, -0.15) is 0 Å². The summed E-state index contributed by atoms with van der Waals surface area (Å²) in [5.41, 5.74) is 0.800. The second kappa shape index (κ2) is 4.97. The number of alkyl halides is 1. The van der Waals surface area contributed by atoms with Crippen LogP contribution in [-0.2, 0) is 0 Å². The molecule has 0 N–H and O–H groups in total. The summed E-state index contributed by atoms with van der Waals surface area (Å²) in [4.78, 5) is 14.4. The van der Waals surface area contributed by atoms with Crippen LogP contribution in [0.2, 0.25) is 0 Å². The smallest absolute Gasteiger partial charge is 0.254 e. The predicted molar refractivity (Wildman–Crippen MR) is 69.9 cm³/mol. The summed E-state index contributed by atoms with van der Waals surface area (Å²) < 4.78 is 1.01. The number of carbonyl (C=O) groups is 1. The first-order valence-corrected chi connectivity index (χ1v) is 7.43. The van der Waals surface area contributed by atoms with Crippen molar-refractivity contribution in [2.45, 2.75) is 17.7 Å². The highest BCUT2D eigenvalue weighted by Crippen LogP contribution is 2.24. The van der Waals surface area contributed by atoms with E-state index in [-0.39, 0.29) is 5.91 Å². The van der Waals surface area contributed by atoms with Crippen LogP contribution >= 0.6 is 43.2 Å². The van der Waals surface area contributed by atoms with Crippen molar-refractivity contribution >= 4 is 49.1 Å². The lowest BCUT2D eigenvalue weighted by atomic mass is 10.1. The summed E-state index contributed by atoms with van der Waals surface area (Å²) in [6.45, 7) is 1.71. The molecular formula is C10H11Br2NOS. The monoisotopic (exact) mass is 351 g/mol. The van der Waals surface area contributed by atoms with Gasteiger partial charge in [0.15, 0.2) is 0 Å². The summed E-state index contributed by atoms with van der Waals surface area (Å²) in [7, 11) is 0. The molecule has 5 heteroatoms. The highest BCUT2D eigenvalue weighted by atomic mass is 79.9. The standard InChI is InChI=1S/C10H11Br2NOS/c11-8-2-1-3-13(5-8)10(14)7-4-9(12)15-6-7/h4,6,8H,1-3,5H2. The van der Waals surface area contributed by atoms with E-state index < -0.39 is 0 Å². The molecule has 1 unspecified atom stereocenters. The second-order valence-electron chi connectivity index (χ2n) is 3.63. The van der Waals surface area contributed by atoms with E-state index in [1.165, 1.54) is 0 Å². The van der Waals surface area contributed by atoms with E-state index in [1.807, 2.05) is 16.3 Å². The molecule has 1 aliphatic rings. The Bertz CT molecular complexity index is 366. The van der Waals surface area contributed by atoms with E-state index in [2.05, 4.69) is 31.9 Å². The minimum atomic E-state index is 0.154. The van der Waals surface area contributed by atoms with Crippen LogP contribution in [0.25, 0.3) is 0 Å². The summed E-state index contributed by atoms with van der Waals surface area (Å²) in [5.74, 6) is 0.154. The predicted octanol–water partition coefficient (Wildman–Crippen LogP) is 3.51. The van der Waals surface area contributed by atoms with Crippen molar-refractivity contribution in [3.8, 4) is 0 Å². The molecule has 82 valence electrons. The van der Waals surface area contributed by atoms with Crippen LogP contribution < -0.4 is 0 Å². The van der Waals surface area contributed by atoms with Crippen LogP contribution in [-0.4, -0.2) is 28.7 Å². The van der Waals surface area contributed by atoms with Gasteiger partial charge in [0.25, 0.3) is 5.91 Å². The van der Waals surface area contributed by atoms with Crippen molar-refractivity contribution < 1.29 is 4.79 Å². The topological polar surface area (TPSA) is 20.3 Å². The van der Waals surface area contributed by atoms with Gasteiger partial charge in [-0.3, -0.25) is 4.79 Å². The fourth-order valence-corrected chi connectivity index (χ4v) is 3.52. The second-order valence-corrected chi connectivity index (χ2v) is 7.22. The number of thiophene rings is 1. The van der Waals surface area contributed by atoms with Gasteiger partial charge in [-0.25, -0.2) is 0 Å². The molecule has 15 heavy (non-hydrogen) atoms. The third-order valence-corrected chi connectivity index (χ3v) is 4.72. The molecule has 0 bridgehead atoms. The van der Waals surface area contributed by atoms with Gasteiger partial charge in [-0.1, -0.05) is 15.9 Å². The molecule has 1 aromatic rings. The van der Waals surface area contributed by atoms with E-state index in [4.69, 9.17) is 0 Å². The lowest BCUT2D eigenvalue weighted by Gasteiger charge is -2.29. The summed E-state index contributed by atoms with van der Waals surface area (Å²) in [5, 5.41) is 1.91. The average molecular weight is 353 g/mol. The van der Waals surface area contributed by atoms with Gasteiger partial charge in [0.05, 0.1) is 9.35 Å². The van der Waals surface area contributed by atoms with Gasteiger partial charge in [-0.05, 0) is 34.8 Å². The summed E-state index contributed by atoms with van der Waals surface area (Å²) >= 11 is 8.50. The minimum Gasteiger partial charge on any atom is -0.338 e. The summed E-state index contributed by atoms with van der Waals surface area (Å²) in [6, 6.07) is 1.89. The molecule has 1 atom stereocenters. The van der Waals surface area contributed by atoms with Crippen LogP contribution in [0.5, 0.6) is 0 Å². The lowest BCUT2D eigenvalue weighted by Crippen LogP contribution is -2.40. The lowest BCUT2D eigenvalue weighted by molar-refractivity contribution is 0.0730. The Morgan fingerprint density at radius 3 is 3.00 bits per heavy atom. The van der Waals surface area contributed by atoms with E-state index in [0.29, 0.717) is 4.83 Å². The number of hydrogen-bond acceptors (Lipinski definition) is 2. The summed E-state index contributed by atoms with van der Waals surface area (Å²) in [6.07, 6.45) is 2.25. The Balaban J connectivity index is 2.07. The first-order chi connectivity index (χ1) is 7.16. The fourth-order valence-electron chi connectivity index (χ4n) is 1.71. The molecule has 1 aliphatic heterocycles. The Labute approximate surface area is 110 Å². The Morgan fingerprint density at radius 2 is 2.40 bits per heavy atom. The van der Waals surface area contributed by atoms with E-state index in [0.717, 1.165) is 35.3 Å². The van der Waals surface area contributed by atoms with Crippen molar-refractivity contribution in [1.29, 1.82) is 0 Å². The van der Waals surface area contributed by atoms with Gasteiger partial charge < -0.3 is 4.90 Å². The molecule has 0 spiro atoms. The van der Waals surface area contributed by atoms with E-state index in [1.54, 1.807) is 11.3 Å². The van der Waals surface area contributed by atoms with Crippen molar-refractivity contribution in [3.05, 3.63) is 20.8 Å². The van der Waals surface area contributed by atoms with Gasteiger partial charge in [0, 0.05) is 23.3 Å². The number of rotatable bonds is 1. The third kappa shape index (κ3) is 2.82. The molecule has 0 aromatic carbocycles. The molecule has 2 nitrogen and oxygen atoms in total. The number of likely N-dealkylation sites (tertiary alicyclic amines) is 1. The minimum absolute atomic E-state index is 0.154. The highest BCUT2D eigenvalue weighted by molar-refractivity contribution is 9.11. The number of hydrogen-bond donors (Lipinski definition) is 0. The van der Waals surface area contributed by atoms with Crippen LogP contribution in [0.15, 0.2) is 15.2 Å². The average Bonchev–Trinajstić information content (AvgIpc) is 2.64. The highest BCUT2D eigenvalue weighted by Gasteiger charge is 2.23. The fraction of sp³-hybridized carbons (Fsp3) is 0.500. The number of piperidine rings is 1. The zero-order valence-corrected chi connectivity index (χ0v) is 12.1. The number of nitrogens with zero attached hydrogens (tertiary/aromatic N) is 1. The maximum absolute atomic E-state index is 12.0. The normalized spacial score (nSPS) is 21.7. The van der Waals surface area contributed by atoms with Gasteiger partial charge in [0.1, 0.15) is 0 Å². The molecule has 2 heterocycles. The van der Waals surface area contributed by atoms with Crippen molar-refractivity contribution in [2.24, 2.45) is 0 Å². The van der Waals surface area contributed by atoms with Crippen molar-refractivity contribution in [2.75, 3.05) is 13.1 Å². The van der Waals surface area contributed by atoms with Crippen LogP contribution in [0, 0.1) is 0 Å². The zero-order chi connectivity index (χ0) is 10.8.